The molecule has 0 spiro atoms. The minimum absolute atomic E-state index is 0.0199. The lowest BCUT2D eigenvalue weighted by molar-refractivity contribution is -0.125. The Morgan fingerprint density at radius 2 is 1.77 bits per heavy atom. The van der Waals surface area contributed by atoms with Crippen LogP contribution in [0.15, 0.2) is 36.4 Å². The summed E-state index contributed by atoms with van der Waals surface area (Å²) in [4.78, 5) is 29.8. The molecule has 2 heterocycles. The van der Waals surface area contributed by atoms with Gasteiger partial charge in [0.2, 0.25) is 5.91 Å². The Bertz CT molecular complexity index is 1390. The number of rotatable bonds is 5. The normalized spacial score (nSPS) is 23.1. The van der Waals surface area contributed by atoms with Gasteiger partial charge in [0, 0.05) is 24.4 Å². The predicted octanol–water partition coefficient (Wildman–Crippen LogP) is 5.23. The molecule has 2 aromatic carbocycles. The largest absolute Gasteiger partial charge is 0.444 e. The second kappa shape index (κ2) is 10.2. The van der Waals surface area contributed by atoms with Gasteiger partial charge >= 0.3 is 6.09 Å². The zero-order valence-corrected chi connectivity index (χ0v) is 22.1. The minimum atomic E-state index is -0.824. The molecule has 1 aliphatic heterocycles. The van der Waals surface area contributed by atoms with Crippen molar-refractivity contribution in [1.29, 1.82) is 0 Å². The van der Waals surface area contributed by atoms with Gasteiger partial charge in [-0.2, -0.15) is 0 Å². The summed E-state index contributed by atoms with van der Waals surface area (Å²) in [6.45, 7) is 5.59. The van der Waals surface area contributed by atoms with Crippen molar-refractivity contribution in [3.8, 4) is 11.3 Å². The monoisotopic (exact) mass is 543 g/mol. The van der Waals surface area contributed by atoms with Crippen LogP contribution in [0.25, 0.3) is 22.2 Å². The molecule has 0 radical (unpaired) electrons. The number of H-pyrrole nitrogens is 1. The Labute approximate surface area is 224 Å². The highest BCUT2D eigenvalue weighted by Crippen LogP contribution is 2.48. The average Bonchev–Trinajstić information content (AvgIpc) is 3.39. The molecule has 0 bridgehead atoms. The Morgan fingerprint density at radius 1 is 1.08 bits per heavy atom. The topological polar surface area (TPSA) is 94.7 Å². The number of ether oxygens (including phenoxy) is 1. The molecule has 3 N–H and O–H groups in total. The van der Waals surface area contributed by atoms with Crippen LogP contribution in [0.1, 0.15) is 51.5 Å². The lowest BCUT2D eigenvalue weighted by Gasteiger charge is -2.36. The summed E-state index contributed by atoms with van der Waals surface area (Å²) >= 11 is 0. The van der Waals surface area contributed by atoms with Crippen LogP contribution in [0, 0.1) is 23.4 Å². The van der Waals surface area contributed by atoms with Crippen molar-refractivity contribution in [3.05, 3.63) is 59.4 Å². The lowest BCUT2D eigenvalue weighted by atomic mass is 9.70. The number of hydrogen-bond donors (Lipinski definition) is 3. The van der Waals surface area contributed by atoms with Crippen LogP contribution in [0.4, 0.5) is 18.0 Å². The van der Waals surface area contributed by atoms with Crippen molar-refractivity contribution in [2.75, 3.05) is 13.1 Å². The third-order valence-corrected chi connectivity index (χ3v) is 7.42. The predicted molar refractivity (Wildman–Crippen MR) is 139 cm³/mol. The molecule has 1 saturated carbocycles. The van der Waals surface area contributed by atoms with E-state index < -0.39 is 41.3 Å². The van der Waals surface area contributed by atoms with Crippen LogP contribution in [0.2, 0.25) is 0 Å². The molecule has 0 unspecified atom stereocenters. The van der Waals surface area contributed by atoms with E-state index in [1.54, 1.807) is 32.9 Å². The maximum Gasteiger partial charge on any atom is 0.411 e. The van der Waals surface area contributed by atoms with E-state index in [0.717, 1.165) is 11.6 Å². The molecule has 1 aromatic heterocycles. The van der Waals surface area contributed by atoms with E-state index in [9.17, 15) is 27.9 Å². The van der Waals surface area contributed by atoms with Crippen LogP contribution >= 0.6 is 0 Å². The van der Waals surface area contributed by atoms with Crippen molar-refractivity contribution in [3.63, 3.8) is 0 Å². The number of carbonyl (C=O) groups excluding carboxylic acids is 2. The fourth-order valence-corrected chi connectivity index (χ4v) is 5.59. The number of aliphatic hydroxyl groups excluding tert-OH is 1. The number of benzene rings is 2. The molecule has 2 aliphatic rings. The van der Waals surface area contributed by atoms with Crippen LogP contribution in [-0.4, -0.2) is 57.8 Å². The summed E-state index contributed by atoms with van der Waals surface area (Å²) in [5, 5.41) is 13.4. The number of amides is 2. The highest BCUT2D eigenvalue weighted by atomic mass is 19.1. The van der Waals surface area contributed by atoms with Crippen LogP contribution < -0.4 is 5.32 Å². The zero-order chi connectivity index (χ0) is 28.1. The van der Waals surface area contributed by atoms with E-state index in [2.05, 4.69) is 10.3 Å². The minimum Gasteiger partial charge on any atom is -0.444 e. The maximum atomic E-state index is 14.6. The van der Waals surface area contributed by atoms with Crippen molar-refractivity contribution in [1.82, 2.24) is 15.2 Å². The van der Waals surface area contributed by atoms with E-state index in [-0.39, 0.29) is 36.2 Å². The highest BCUT2D eigenvalue weighted by molar-refractivity contribution is 5.92. The lowest BCUT2D eigenvalue weighted by Crippen LogP contribution is -2.49. The smallest absolute Gasteiger partial charge is 0.411 e. The molecule has 2 amide bonds. The van der Waals surface area contributed by atoms with Gasteiger partial charge < -0.3 is 20.1 Å². The number of aromatic nitrogens is 1. The fraction of sp³-hybridized carbons (Fsp3) is 0.448. The van der Waals surface area contributed by atoms with Gasteiger partial charge in [-0.1, -0.05) is 0 Å². The van der Waals surface area contributed by atoms with Crippen LogP contribution in [-0.2, 0) is 9.53 Å². The van der Waals surface area contributed by atoms with Gasteiger partial charge in [0.05, 0.1) is 23.9 Å². The Balaban J connectivity index is 1.28. The van der Waals surface area contributed by atoms with Crippen LogP contribution in [0.3, 0.4) is 0 Å². The number of aliphatic hydroxyl groups is 1. The number of hydrogen-bond acceptors (Lipinski definition) is 4. The van der Waals surface area contributed by atoms with Gasteiger partial charge in [-0.15, -0.1) is 0 Å². The zero-order valence-electron chi connectivity index (χ0n) is 22.1. The number of halogens is 3. The molecule has 1 saturated heterocycles. The fourth-order valence-electron chi connectivity index (χ4n) is 5.59. The van der Waals surface area contributed by atoms with Crippen molar-refractivity contribution >= 4 is 22.9 Å². The van der Waals surface area contributed by atoms with E-state index in [0.29, 0.717) is 36.0 Å². The number of nitrogens with zero attached hydrogens (tertiary/aromatic N) is 1. The first-order valence-electron chi connectivity index (χ1n) is 13.1. The summed E-state index contributed by atoms with van der Waals surface area (Å²) in [5.41, 5.74) is 1.53. The second-order valence-corrected chi connectivity index (χ2v) is 11.5. The van der Waals surface area contributed by atoms with E-state index in [1.807, 2.05) is 0 Å². The number of fused-ring (bicyclic) bond motifs is 1. The van der Waals surface area contributed by atoms with Gasteiger partial charge in [0.25, 0.3) is 0 Å². The van der Waals surface area contributed by atoms with Crippen molar-refractivity contribution < 1.29 is 32.6 Å². The molecular formula is C29H32F3N3O4. The number of carbonyl (C=O) groups is 2. The molecule has 5 rings (SSSR count). The van der Waals surface area contributed by atoms with Gasteiger partial charge in [0.1, 0.15) is 29.1 Å². The molecule has 10 heteroatoms. The number of β-amino-alcohol motifs (C(OH)–C–C–N with tert-alkyl or cyclic N) is 1. The van der Waals surface area contributed by atoms with Crippen molar-refractivity contribution in [2.45, 2.75) is 63.7 Å². The molecule has 39 heavy (non-hydrogen) atoms. The molecule has 1 aliphatic carbocycles. The summed E-state index contributed by atoms with van der Waals surface area (Å²) < 4.78 is 47.7. The third-order valence-electron chi connectivity index (χ3n) is 7.42. The van der Waals surface area contributed by atoms with E-state index in [4.69, 9.17) is 4.74 Å². The molecule has 2 atom stereocenters. The first-order valence-corrected chi connectivity index (χ1v) is 13.1. The summed E-state index contributed by atoms with van der Waals surface area (Å²) in [7, 11) is 0. The Hall–Kier alpha value is -3.53. The van der Waals surface area contributed by atoms with E-state index >= 15 is 0 Å². The molecule has 2 fully saturated rings. The van der Waals surface area contributed by atoms with Gasteiger partial charge in [-0.25, -0.2) is 18.0 Å². The number of aromatic amines is 1. The SMILES string of the molecule is CC(C)(C)OC(=O)N1C[C@@H](O)C[C@H]1C(=O)NC[C@H]1C[C@H](c2c(-c3ccc(F)cc3)[nH]c3c(F)cc(F)cc32)C1. The molecule has 208 valence electrons. The second-order valence-electron chi connectivity index (χ2n) is 11.5. The first kappa shape index (κ1) is 27.1. The number of likely N-dealkylation sites (tertiary alicyclic amines) is 1. The van der Waals surface area contributed by atoms with Gasteiger partial charge in [-0.3, -0.25) is 9.69 Å². The Morgan fingerprint density at radius 3 is 2.44 bits per heavy atom. The van der Waals surface area contributed by atoms with Gasteiger partial charge in [-0.05, 0) is 86.9 Å². The standard InChI is InChI=1S/C29H32F3N3O4/c1-29(2,3)39-28(38)35-14-20(36)12-23(35)27(37)33-13-15-8-17(9-15)24-21-10-19(31)11-22(32)26(21)34-25(24)16-4-6-18(30)7-5-16/h4-7,10-11,15,17,20,23,34,36H,8-9,12-14H2,1-3H3,(H,33,37)/t15-,17-,20-,23-/m0/s1. The maximum absolute atomic E-state index is 14.6. The summed E-state index contributed by atoms with van der Waals surface area (Å²) in [6.07, 6.45) is 0.0147. The highest BCUT2D eigenvalue weighted by Gasteiger charge is 2.42. The quantitative estimate of drug-likeness (QED) is 0.411. The summed E-state index contributed by atoms with van der Waals surface area (Å²) in [5.74, 6) is -2.03. The van der Waals surface area contributed by atoms with Gasteiger partial charge in [0.15, 0.2) is 0 Å². The Kier molecular flexibility index (Phi) is 7.09. The average molecular weight is 544 g/mol. The van der Waals surface area contributed by atoms with E-state index in [1.165, 1.54) is 23.1 Å². The molecular weight excluding hydrogens is 511 g/mol. The molecule has 7 nitrogen and oxygen atoms in total. The number of nitrogens with one attached hydrogen (secondary N) is 2. The molecule has 3 aromatic rings. The van der Waals surface area contributed by atoms with Crippen molar-refractivity contribution in [2.24, 2.45) is 5.92 Å². The summed E-state index contributed by atoms with van der Waals surface area (Å²) in [6, 6.07) is 7.15. The van der Waals surface area contributed by atoms with Crippen LogP contribution in [0.5, 0.6) is 0 Å². The first-order chi connectivity index (χ1) is 18.4. The third kappa shape index (κ3) is 5.61.